The number of hydrogen-bond donors (Lipinski definition) is 2. The minimum Gasteiger partial charge on any atom is -0.368 e. The lowest BCUT2D eigenvalue weighted by molar-refractivity contribution is -0.115. The van der Waals surface area contributed by atoms with Gasteiger partial charge < -0.3 is 25.3 Å². The summed E-state index contributed by atoms with van der Waals surface area (Å²) in [6, 6.07) is 12.8. The van der Waals surface area contributed by atoms with Gasteiger partial charge >= 0.3 is 0 Å². The number of nitriles is 1. The van der Waals surface area contributed by atoms with E-state index >= 15 is 0 Å². The van der Waals surface area contributed by atoms with Gasteiger partial charge in [-0.1, -0.05) is 6.07 Å². The zero-order chi connectivity index (χ0) is 22.5. The molecule has 0 unspecified atom stereocenters. The predicted octanol–water partition coefficient (Wildman–Crippen LogP) is 2.66. The number of anilines is 2. The van der Waals surface area contributed by atoms with Crippen LogP contribution in [0.5, 0.6) is 0 Å². The molecule has 32 heavy (non-hydrogen) atoms. The third kappa shape index (κ3) is 5.67. The lowest BCUT2D eigenvalue weighted by atomic mass is 10.1. The van der Waals surface area contributed by atoms with Gasteiger partial charge in [0.15, 0.2) is 0 Å². The first kappa shape index (κ1) is 22.7. The van der Waals surface area contributed by atoms with Crippen molar-refractivity contribution in [1.82, 2.24) is 15.1 Å². The second kappa shape index (κ2) is 10.5. The largest absolute Gasteiger partial charge is 0.368 e. The number of carbonyl (C=O) groups excluding carboxylic acids is 1. The molecule has 2 saturated heterocycles. The fourth-order valence-electron chi connectivity index (χ4n) is 4.29. The Morgan fingerprint density at radius 1 is 1.06 bits per heavy atom. The number of piperidine rings is 1. The molecule has 170 valence electrons. The molecule has 0 saturated carbocycles. The van der Waals surface area contributed by atoms with Gasteiger partial charge in [0.05, 0.1) is 22.8 Å². The van der Waals surface area contributed by atoms with E-state index in [1.807, 2.05) is 18.2 Å². The standard InChI is InChI=1S/C24H32N6OS/c1-28-9-7-20(8-10-28)26-17-23(31)27-24-6-5-22(32-24)18-3-4-21(19(15-18)16-25)30-13-11-29(2)12-14-30/h3-6,15,20,26H,7-14,17H2,1-2H3,(H,27,31). The molecular formula is C24H32N6OS. The summed E-state index contributed by atoms with van der Waals surface area (Å²) in [4.78, 5) is 20.3. The Morgan fingerprint density at radius 3 is 2.50 bits per heavy atom. The van der Waals surface area contributed by atoms with Crippen LogP contribution in [-0.4, -0.2) is 81.7 Å². The summed E-state index contributed by atoms with van der Waals surface area (Å²) < 4.78 is 0. The van der Waals surface area contributed by atoms with Crippen LogP contribution in [0.2, 0.25) is 0 Å². The predicted molar refractivity (Wildman–Crippen MR) is 131 cm³/mol. The molecule has 0 radical (unpaired) electrons. The van der Waals surface area contributed by atoms with Crippen molar-refractivity contribution < 1.29 is 4.79 Å². The van der Waals surface area contributed by atoms with Crippen LogP contribution in [0.25, 0.3) is 10.4 Å². The first-order valence-electron chi connectivity index (χ1n) is 11.3. The number of benzene rings is 1. The number of rotatable bonds is 6. The molecule has 3 heterocycles. The van der Waals surface area contributed by atoms with Gasteiger partial charge in [-0.25, -0.2) is 0 Å². The van der Waals surface area contributed by atoms with Crippen molar-refractivity contribution in [1.29, 1.82) is 5.26 Å². The van der Waals surface area contributed by atoms with Crippen LogP contribution in [-0.2, 0) is 4.79 Å². The summed E-state index contributed by atoms with van der Waals surface area (Å²) in [6.45, 7) is 6.37. The third-order valence-corrected chi connectivity index (χ3v) is 7.43. The van der Waals surface area contributed by atoms with Crippen LogP contribution in [0, 0.1) is 11.3 Å². The molecule has 4 rings (SSSR count). The van der Waals surface area contributed by atoms with Crippen molar-refractivity contribution in [2.45, 2.75) is 18.9 Å². The van der Waals surface area contributed by atoms with Crippen molar-refractivity contribution in [3.05, 3.63) is 35.9 Å². The Hall–Kier alpha value is -2.44. The quantitative estimate of drug-likeness (QED) is 0.702. The SMILES string of the molecule is CN1CCC(NCC(=O)Nc2ccc(-c3ccc(N4CCN(C)CC4)c(C#N)c3)s2)CC1. The van der Waals surface area contributed by atoms with Crippen molar-refractivity contribution in [3.8, 4) is 16.5 Å². The minimum atomic E-state index is -0.0135. The van der Waals surface area contributed by atoms with Crippen LogP contribution in [0.15, 0.2) is 30.3 Å². The van der Waals surface area contributed by atoms with Gasteiger partial charge in [0, 0.05) is 37.1 Å². The van der Waals surface area contributed by atoms with Crippen LogP contribution >= 0.6 is 11.3 Å². The lowest BCUT2D eigenvalue weighted by Gasteiger charge is -2.34. The second-order valence-corrected chi connectivity index (χ2v) is 9.89. The van der Waals surface area contributed by atoms with Gasteiger partial charge in [0.25, 0.3) is 0 Å². The maximum Gasteiger partial charge on any atom is 0.238 e. The number of nitrogens with zero attached hydrogens (tertiary/aromatic N) is 4. The minimum absolute atomic E-state index is 0.0135. The van der Waals surface area contributed by atoms with Crippen molar-refractivity contribution in [2.24, 2.45) is 0 Å². The Kier molecular flexibility index (Phi) is 7.43. The molecule has 2 N–H and O–H groups in total. The molecule has 1 amide bonds. The lowest BCUT2D eigenvalue weighted by Crippen LogP contribution is -2.44. The number of likely N-dealkylation sites (tertiary alicyclic amines) is 1. The Balaban J connectivity index is 1.35. The number of likely N-dealkylation sites (N-methyl/N-ethyl adjacent to an activating group) is 1. The highest BCUT2D eigenvalue weighted by atomic mass is 32.1. The Labute approximate surface area is 194 Å². The van der Waals surface area contributed by atoms with Gasteiger partial charge in [0.1, 0.15) is 6.07 Å². The van der Waals surface area contributed by atoms with Gasteiger partial charge in [-0.3, -0.25) is 4.79 Å². The van der Waals surface area contributed by atoms with Crippen molar-refractivity contribution in [2.75, 3.05) is 70.1 Å². The summed E-state index contributed by atoms with van der Waals surface area (Å²) in [5, 5.41) is 16.9. The number of hydrogen-bond acceptors (Lipinski definition) is 7. The van der Waals surface area contributed by atoms with Crippen molar-refractivity contribution in [3.63, 3.8) is 0 Å². The average molecular weight is 453 g/mol. The highest BCUT2D eigenvalue weighted by molar-refractivity contribution is 7.19. The van der Waals surface area contributed by atoms with E-state index in [9.17, 15) is 10.1 Å². The molecule has 0 bridgehead atoms. The van der Waals surface area contributed by atoms with E-state index in [1.54, 1.807) is 11.3 Å². The summed E-state index contributed by atoms with van der Waals surface area (Å²) in [7, 11) is 4.26. The van der Waals surface area contributed by atoms with Crippen LogP contribution < -0.4 is 15.5 Å². The van der Waals surface area contributed by atoms with Crippen LogP contribution in [0.3, 0.4) is 0 Å². The molecular weight excluding hydrogens is 420 g/mol. The highest BCUT2D eigenvalue weighted by Gasteiger charge is 2.19. The number of thiophene rings is 1. The fraction of sp³-hybridized carbons (Fsp3) is 0.500. The van der Waals surface area contributed by atoms with E-state index in [0.29, 0.717) is 18.2 Å². The molecule has 1 aromatic carbocycles. The number of piperazine rings is 1. The molecule has 7 nitrogen and oxygen atoms in total. The average Bonchev–Trinajstić information content (AvgIpc) is 3.27. The summed E-state index contributed by atoms with van der Waals surface area (Å²) >= 11 is 1.54. The molecule has 1 aromatic heterocycles. The molecule has 8 heteroatoms. The van der Waals surface area contributed by atoms with Crippen LogP contribution in [0.1, 0.15) is 18.4 Å². The van der Waals surface area contributed by atoms with E-state index in [0.717, 1.165) is 73.2 Å². The van der Waals surface area contributed by atoms with Gasteiger partial charge in [-0.05, 0) is 69.9 Å². The molecule has 2 fully saturated rings. The zero-order valence-corrected chi connectivity index (χ0v) is 19.7. The Bertz CT molecular complexity index is 967. The topological polar surface area (TPSA) is 74.6 Å². The van der Waals surface area contributed by atoms with Gasteiger partial charge in [-0.2, -0.15) is 5.26 Å². The normalized spacial score (nSPS) is 18.5. The van der Waals surface area contributed by atoms with E-state index in [-0.39, 0.29) is 5.91 Å². The first-order valence-corrected chi connectivity index (χ1v) is 12.1. The highest BCUT2D eigenvalue weighted by Crippen LogP contribution is 2.34. The monoisotopic (exact) mass is 452 g/mol. The maximum atomic E-state index is 12.4. The van der Waals surface area contributed by atoms with Gasteiger partial charge in [-0.15, -0.1) is 11.3 Å². The molecule has 0 atom stereocenters. The van der Waals surface area contributed by atoms with E-state index in [2.05, 4.69) is 57.6 Å². The van der Waals surface area contributed by atoms with Crippen molar-refractivity contribution >= 4 is 27.9 Å². The van der Waals surface area contributed by atoms with Crippen LogP contribution in [0.4, 0.5) is 10.7 Å². The van der Waals surface area contributed by atoms with E-state index < -0.39 is 0 Å². The first-order chi connectivity index (χ1) is 15.5. The number of nitrogens with one attached hydrogen (secondary N) is 2. The smallest absolute Gasteiger partial charge is 0.238 e. The fourth-order valence-corrected chi connectivity index (χ4v) is 5.21. The summed E-state index contributed by atoms with van der Waals surface area (Å²) in [5.41, 5.74) is 2.72. The molecule has 0 aliphatic carbocycles. The maximum absolute atomic E-state index is 12.4. The molecule has 2 aliphatic heterocycles. The number of carbonyl (C=O) groups is 1. The summed E-state index contributed by atoms with van der Waals surface area (Å²) in [5.74, 6) is -0.0135. The van der Waals surface area contributed by atoms with Gasteiger partial charge in [0.2, 0.25) is 5.91 Å². The van der Waals surface area contributed by atoms with E-state index in [1.165, 1.54) is 0 Å². The summed E-state index contributed by atoms with van der Waals surface area (Å²) in [6.07, 6.45) is 2.16. The zero-order valence-electron chi connectivity index (χ0n) is 18.9. The number of amides is 1. The second-order valence-electron chi connectivity index (χ2n) is 8.80. The van der Waals surface area contributed by atoms with E-state index in [4.69, 9.17) is 0 Å². The third-order valence-electron chi connectivity index (χ3n) is 6.38. The molecule has 2 aromatic rings. The molecule has 0 spiro atoms. The Morgan fingerprint density at radius 2 is 1.78 bits per heavy atom. The molecule has 2 aliphatic rings.